The molecule has 1 saturated heterocycles. The zero-order valence-electron chi connectivity index (χ0n) is 11.9. The number of carboxylic acids is 1. The Balaban J connectivity index is 1.92. The average Bonchev–Trinajstić information content (AvgIpc) is 2.79. The van der Waals surface area contributed by atoms with E-state index >= 15 is 0 Å². The minimum atomic E-state index is -0.793. The maximum Gasteiger partial charge on any atom is 0.317 e. The summed E-state index contributed by atoms with van der Waals surface area (Å²) in [5.74, 6) is -0.863. The molecule has 0 aromatic heterocycles. The zero-order chi connectivity index (χ0) is 14.5. The minimum Gasteiger partial charge on any atom is -0.481 e. The summed E-state index contributed by atoms with van der Waals surface area (Å²) in [7, 11) is 0. The smallest absolute Gasteiger partial charge is 0.317 e. The third-order valence-corrected chi connectivity index (χ3v) is 4.55. The van der Waals surface area contributed by atoms with Crippen LogP contribution in [0.25, 0.3) is 0 Å². The number of likely N-dealkylation sites (tertiary alicyclic amines) is 1. The maximum atomic E-state index is 12.2. The number of carboxylic acid groups (broad SMARTS) is 1. The molecule has 20 heavy (non-hydrogen) atoms. The molecule has 1 aliphatic heterocycles. The highest BCUT2D eigenvalue weighted by Crippen LogP contribution is 2.24. The van der Waals surface area contributed by atoms with Crippen molar-refractivity contribution >= 4 is 12.0 Å². The fraction of sp³-hybridized carbons (Fsp3) is 0.857. The van der Waals surface area contributed by atoms with Crippen molar-refractivity contribution < 1.29 is 14.7 Å². The summed E-state index contributed by atoms with van der Waals surface area (Å²) in [5, 5.41) is 12.3. The highest BCUT2D eigenvalue weighted by molar-refractivity contribution is 5.77. The Morgan fingerprint density at radius 1 is 1.20 bits per heavy atom. The Kier molecular flexibility index (Phi) is 5.23. The lowest BCUT2D eigenvalue weighted by molar-refractivity contribution is -0.142. The van der Waals surface area contributed by atoms with E-state index in [1.165, 1.54) is 0 Å². The van der Waals surface area contributed by atoms with Crippen LogP contribution >= 0.6 is 0 Å². The van der Waals surface area contributed by atoms with Gasteiger partial charge in [0.1, 0.15) is 0 Å². The van der Waals surface area contributed by atoms with Crippen molar-refractivity contribution in [2.45, 2.75) is 44.6 Å². The highest BCUT2D eigenvalue weighted by atomic mass is 16.4. The van der Waals surface area contributed by atoms with Crippen LogP contribution in [0.1, 0.15) is 38.5 Å². The van der Waals surface area contributed by atoms with Crippen LogP contribution in [-0.4, -0.2) is 47.7 Å². The lowest BCUT2D eigenvalue weighted by Crippen LogP contribution is -2.48. The molecular weight excluding hydrogens is 258 g/mol. The van der Waals surface area contributed by atoms with Crippen LogP contribution in [0.4, 0.5) is 4.79 Å². The number of nitrogens with two attached hydrogens (primary N) is 1. The number of nitrogens with one attached hydrogen (secondary N) is 1. The quantitative estimate of drug-likeness (QED) is 0.674. The van der Waals surface area contributed by atoms with E-state index in [0.29, 0.717) is 25.4 Å². The van der Waals surface area contributed by atoms with E-state index in [1.54, 1.807) is 4.90 Å². The number of rotatable bonds is 3. The van der Waals surface area contributed by atoms with Crippen LogP contribution in [0.5, 0.6) is 0 Å². The number of nitrogens with zero attached hydrogens (tertiary/aromatic N) is 1. The van der Waals surface area contributed by atoms with Gasteiger partial charge in [-0.05, 0) is 31.7 Å². The summed E-state index contributed by atoms with van der Waals surface area (Å²) in [6.07, 6.45) is 5.33. The fourth-order valence-corrected chi connectivity index (χ4v) is 3.24. The Labute approximate surface area is 119 Å². The number of aliphatic carboxylic acids is 1. The van der Waals surface area contributed by atoms with Gasteiger partial charge in [-0.1, -0.05) is 19.3 Å². The molecule has 2 fully saturated rings. The number of hydrogen-bond donors (Lipinski definition) is 3. The Bertz CT molecular complexity index is 362. The van der Waals surface area contributed by atoms with Gasteiger partial charge in [0.15, 0.2) is 0 Å². The van der Waals surface area contributed by atoms with Crippen LogP contribution < -0.4 is 11.1 Å². The van der Waals surface area contributed by atoms with Crippen LogP contribution in [0.3, 0.4) is 0 Å². The van der Waals surface area contributed by atoms with E-state index in [4.69, 9.17) is 5.73 Å². The van der Waals surface area contributed by atoms with Crippen LogP contribution in [0, 0.1) is 11.8 Å². The zero-order valence-corrected chi connectivity index (χ0v) is 11.9. The van der Waals surface area contributed by atoms with Crippen molar-refractivity contribution in [2.24, 2.45) is 17.6 Å². The molecule has 2 aliphatic rings. The second kappa shape index (κ2) is 6.92. The summed E-state index contributed by atoms with van der Waals surface area (Å²) < 4.78 is 0. The molecule has 3 unspecified atom stereocenters. The molecule has 1 aliphatic carbocycles. The Hall–Kier alpha value is -1.30. The van der Waals surface area contributed by atoms with E-state index < -0.39 is 11.9 Å². The summed E-state index contributed by atoms with van der Waals surface area (Å²) in [4.78, 5) is 25.3. The predicted molar refractivity (Wildman–Crippen MR) is 75.3 cm³/mol. The molecule has 4 N–H and O–H groups in total. The monoisotopic (exact) mass is 283 g/mol. The van der Waals surface area contributed by atoms with Gasteiger partial charge in [0.05, 0.1) is 5.92 Å². The van der Waals surface area contributed by atoms with E-state index in [9.17, 15) is 14.7 Å². The van der Waals surface area contributed by atoms with E-state index in [1.807, 2.05) is 0 Å². The molecule has 6 heteroatoms. The molecule has 0 spiro atoms. The van der Waals surface area contributed by atoms with Crippen molar-refractivity contribution in [1.29, 1.82) is 0 Å². The first-order valence-corrected chi connectivity index (χ1v) is 7.60. The Morgan fingerprint density at radius 3 is 2.60 bits per heavy atom. The average molecular weight is 283 g/mol. The molecule has 0 radical (unpaired) electrons. The third-order valence-electron chi connectivity index (χ3n) is 4.55. The number of urea groups is 1. The molecule has 6 nitrogen and oxygen atoms in total. The molecule has 0 bridgehead atoms. The molecular formula is C14H25N3O3. The topological polar surface area (TPSA) is 95.7 Å². The Morgan fingerprint density at radius 2 is 1.95 bits per heavy atom. The van der Waals surface area contributed by atoms with Crippen molar-refractivity contribution in [2.75, 3.05) is 19.6 Å². The maximum absolute atomic E-state index is 12.2. The molecule has 0 aromatic carbocycles. The number of amides is 2. The van der Waals surface area contributed by atoms with Gasteiger partial charge < -0.3 is 21.1 Å². The first kappa shape index (κ1) is 15.1. The van der Waals surface area contributed by atoms with Gasteiger partial charge >= 0.3 is 12.0 Å². The lowest BCUT2D eigenvalue weighted by atomic mass is 9.95. The summed E-state index contributed by atoms with van der Waals surface area (Å²) in [6.45, 7) is 2.01. The molecule has 1 saturated carbocycles. The van der Waals surface area contributed by atoms with Gasteiger partial charge in [-0.2, -0.15) is 0 Å². The minimum absolute atomic E-state index is 0.126. The van der Waals surface area contributed by atoms with Crippen LogP contribution in [0.15, 0.2) is 0 Å². The van der Waals surface area contributed by atoms with Gasteiger partial charge in [0, 0.05) is 19.1 Å². The fourth-order valence-electron chi connectivity index (χ4n) is 3.24. The largest absolute Gasteiger partial charge is 0.481 e. The number of hydrogen-bond acceptors (Lipinski definition) is 3. The standard InChI is InChI=1S/C14H25N3O3/c15-8-10-6-7-17(9-10)14(20)16-12-5-3-1-2-4-11(12)13(18)19/h10-12H,1-9,15H2,(H,16,20)(H,18,19). The SMILES string of the molecule is NCC1CCN(C(=O)NC2CCCCCC2C(=O)O)C1. The van der Waals surface area contributed by atoms with Crippen molar-refractivity contribution in [3.8, 4) is 0 Å². The normalized spacial score (nSPS) is 30.9. The molecule has 114 valence electrons. The van der Waals surface area contributed by atoms with E-state index in [2.05, 4.69) is 5.32 Å². The summed E-state index contributed by atoms with van der Waals surface area (Å²) in [5.41, 5.74) is 5.63. The molecule has 0 aromatic rings. The number of carbonyl (C=O) groups excluding carboxylic acids is 1. The predicted octanol–water partition coefficient (Wildman–Crippen LogP) is 1.01. The molecule has 3 atom stereocenters. The van der Waals surface area contributed by atoms with Gasteiger partial charge in [-0.3, -0.25) is 4.79 Å². The van der Waals surface area contributed by atoms with Gasteiger partial charge in [0.25, 0.3) is 0 Å². The first-order chi connectivity index (χ1) is 9.61. The van der Waals surface area contributed by atoms with E-state index in [0.717, 1.165) is 38.6 Å². The second-order valence-corrected chi connectivity index (χ2v) is 5.98. The van der Waals surface area contributed by atoms with Crippen molar-refractivity contribution in [3.05, 3.63) is 0 Å². The first-order valence-electron chi connectivity index (χ1n) is 7.60. The third kappa shape index (κ3) is 3.62. The van der Waals surface area contributed by atoms with Crippen LogP contribution in [0.2, 0.25) is 0 Å². The van der Waals surface area contributed by atoms with Gasteiger partial charge in [0.2, 0.25) is 0 Å². The molecule has 1 heterocycles. The van der Waals surface area contributed by atoms with Crippen LogP contribution in [-0.2, 0) is 4.79 Å². The summed E-state index contributed by atoms with van der Waals surface area (Å²) in [6, 6.07) is -0.362. The second-order valence-electron chi connectivity index (χ2n) is 5.98. The van der Waals surface area contributed by atoms with Gasteiger partial charge in [-0.15, -0.1) is 0 Å². The highest BCUT2D eigenvalue weighted by Gasteiger charge is 2.33. The molecule has 2 amide bonds. The van der Waals surface area contributed by atoms with Crippen molar-refractivity contribution in [3.63, 3.8) is 0 Å². The number of carbonyl (C=O) groups is 2. The lowest BCUT2D eigenvalue weighted by Gasteiger charge is -2.26. The van der Waals surface area contributed by atoms with Gasteiger partial charge in [-0.25, -0.2) is 4.79 Å². The summed E-state index contributed by atoms with van der Waals surface area (Å²) >= 11 is 0. The van der Waals surface area contributed by atoms with Crippen molar-refractivity contribution in [1.82, 2.24) is 10.2 Å². The molecule has 2 rings (SSSR count). The van der Waals surface area contributed by atoms with E-state index in [-0.39, 0.29) is 12.1 Å².